The van der Waals surface area contributed by atoms with Crippen molar-refractivity contribution in [2.45, 2.75) is 19.4 Å². The lowest BCUT2D eigenvalue weighted by Crippen LogP contribution is -2.61. The van der Waals surface area contributed by atoms with Gasteiger partial charge >= 0.3 is 6.03 Å². The molecule has 1 aromatic rings. The number of benzene rings is 1. The number of urea groups is 1. The Morgan fingerprint density at radius 3 is 2.95 bits per heavy atom. The normalized spacial score (nSPS) is 23.5. The number of aryl methyl sites for hydroxylation is 1. The number of hydrogen-bond acceptors (Lipinski definition) is 3. The van der Waals surface area contributed by atoms with Crippen LogP contribution in [0.25, 0.3) is 0 Å². The largest absolute Gasteiger partial charge is 0.377 e. The monoisotopic (exact) mass is 260 g/mol. The summed E-state index contributed by atoms with van der Waals surface area (Å²) in [6.45, 7) is 3.50. The lowest BCUT2D eigenvalue weighted by molar-refractivity contribution is -0.122. The number of fused-ring (bicyclic) bond motifs is 1. The number of rotatable bonds is 1. The highest BCUT2D eigenvalue weighted by atomic mass is 16.5. The van der Waals surface area contributed by atoms with Crippen molar-refractivity contribution in [3.05, 3.63) is 29.8 Å². The lowest BCUT2D eigenvalue weighted by Gasteiger charge is -2.42. The fraction of sp³-hybridized carbons (Fsp3) is 0.429. The Labute approximate surface area is 111 Å². The van der Waals surface area contributed by atoms with Gasteiger partial charge in [0, 0.05) is 6.54 Å². The Morgan fingerprint density at radius 2 is 2.16 bits per heavy atom. The third-order valence-corrected chi connectivity index (χ3v) is 3.58. The van der Waals surface area contributed by atoms with Gasteiger partial charge in [-0.15, -0.1) is 0 Å². The topological polar surface area (TPSA) is 49.9 Å². The van der Waals surface area contributed by atoms with E-state index in [1.54, 1.807) is 11.0 Å². The van der Waals surface area contributed by atoms with Gasteiger partial charge in [-0.2, -0.15) is 0 Å². The second-order valence-corrected chi connectivity index (χ2v) is 4.98. The van der Waals surface area contributed by atoms with E-state index in [9.17, 15) is 9.59 Å². The number of hydrogen-bond donors (Lipinski definition) is 0. The van der Waals surface area contributed by atoms with E-state index in [0.29, 0.717) is 31.9 Å². The van der Waals surface area contributed by atoms with Crippen molar-refractivity contribution in [3.8, 4) is 0 Å². The summed E-state index contributed by atoms with van der Waals surface area (Å²) in [6.07, 6.45) is 0.333. The molecule has 0 saturated carbocycles. The number of imide groups is 1. The van der Waals surface area contributed by atoms with Gasteiger partial charge in [-0.3, -0.25) is 4.79 Å². The third-order valence-electron chi connectivity index (χ3n) is 3.58. The third kappa shape index (κ3) is 2.10. The number of anilines is 1. The summed E-state index contributed by atoms with van der Waals surface area (Å²) in [5.41, 5.74) is 1.68. The first-order valence-corrected chi connectivity index (χ1v) is 6.45. The molecule has 100 valence electrons. The van der Waals surface area contributed by atoms with Gasteiger partial charge in [-0.25, -0.2) is 9.69 Å². The van der Waals surface area contributed by atoms with Gasteiger partial charge in [-0.1, -0.05) is 12.1 Å². The summed E-state index contributed by atoms with van der Waals surface area (Å²) < 4.78 is 5.33. The van der Waals surface area contributed by atoms with Crippen molar-refractivity contribution < 1.29 is 14.3 Å². The Morgan fingerprint density at radius 1 is 1.32 bits per heavy atom. The van der Waals surface area contributed by atoms with Gasteiger partial charge in [0.15, 0.2) is 0 Å². The van der Waals surface area contributed by atoms with Crippen molar-refractivity contribution in [1.82, 2.24) is 4.90 Å². The Balaban J connectivity index is 1.93. The molecule has 1 unspecified atom stereocenters. The van der Waals surface area contributed by atoms with Gasteiger partial charge in [0.1, 0.15) is 0 Å². The van der Waals surface area contributed by atoms with Crippen LogP contribution in [0, 0.1) is 6.92 Å². The molecule has 0 spiro atoms. The lowest BCUT2D eigenvalue weighted by atomic mass is 10.1. The van der Waals surface area contributed by atoms with Crippen molar-refractivity contribution in [2.75, 3.05) is 24.7 Å². The van der Waals surface area contributed by atoms with E-state index >= 15 is 0 Å². The van der Waals surface area contributed by atoms with E-state index in [-0.39, 0.29) is 18.0 Å². The highest BCUT2D eigenvalue weighted by Gasteiger charge is 2.40. The molecule has 2 heterocycles. The van der Waals surface area contributed by atoms with Crippen LogP contribution < -0.4 is 4.90 Å². The molecule has 2 saturated heterocycles. The molecule has 1 aromatic carbocycles. The van der Waals surface area contributed by atoms with Crippen molar-refractivity contribution in [2.24, 2.45) is 0 Å². The highest BCUT2D eigenvalue weighted by Crippen LogP contribution is 2.26. The fourth-order valence-corrected chi connectivity index (χ4v) is 2.63. The number of carbonyl (C=O) groups excluding carboxylic acids is 2. The predicted molar refractivity (Wildman–Crippen MR) is 70.0 cm³/mol. The standard InChI is InChI=1S/C14H16N2O3/c1-10-3-2-4-11(7-10)16-13(17)8-12-9-19-6-5-15(12)14(16)18/h2-4,7,12H,5-6,8-9H2,1H3. The average Bonchev–Trinajstić information content (AvgIpc) is 2.39. The minimum atomic E-state index is -0.227. The van der Waals surface area contributed by atoms with Gasteiger partial charge in [0.2, 0.25) is 5.91 Å². The number of nitrogens with zero attached hydrogens (tertiary/aromatic N) is 2. The summed E-state index contributed by atoms with van der Waals surface area (Å²) in [5.74, 6) is -0.151. The molecule has 19 heavy (non-hydrogen) atoms. The molecule has 3 amide bonds. The zero-order valence-corrected chi connectivity index (χ0v) is 10.8. The quantitative estimate of drug-likeness (QED) is 0.769. The summed E-state index contributed by atoms with van der Waals surface area (Å²) in [4.78, 5) is 27.7. The van der Waals surface area contributed by atoms with Crippen LogP contribution in [-0.4, -0.2) is 42.6 Å². The van der Waals surface area contributed by atoms with Crippen molar-refractivity contribution >= 4 is 17.6 Å². The molecule has 0 aromatic heterocycles. The second-order valence-electron chi connectivity index (χ2n) is 4.98. The first-order valence-electron chi connectivity index (χ1n) is 6.45. The van der Waals surface area contributed by atoms with Crippen molar-refractivity contribution in [3.63, 3.8) is 0 Å². The minimum absolute atomic E-state index is 0.102. The molecule has 0 bridgehead atoms. The van der Waals surface area contributed by atoms with E-state index in [4.69, 9.17) is 4.74 Å². The van der Waals surface area contributed by atoms with Crippen LogP contribution in [0.4, 0.5) is 10.5 Å². The number of carbonyl (C=O) groups is 2. The zero-order valence-electron chi connectivity index (χ0n) is 10.8. The minimum Gasteiger partial charge on any atom is -0.377 e. The Hall–Kier alpha value is -1.88. The van der Waals surface area contributed by atoms with Crippen LogP contribution in [0.3, 0.4) is 0 Å². The Bertz CT molecular complexity index is 529. The molecule has 0 N–H and O–H groups in total. The smallest absolute Gasteiger partial charge is 0.331 e. The van der Waals surface area contributed by atoms with Gasteiger partial charge in [-0.05, 0) is 24.6 Å². The van der Waals surface area contributed by atoms with E-state index in [1.807, 2.05) is 25.1 Å². The van der Waals surface area contributed by atoms with E-state index in [1.165, 1.54) is 4.90 Å². The molecule has 2 fully saturated rings. The SMILES string of the molecule is Cc1cccc(N2C(=O)CC3COCCN3C2=O)c1. The summed E-state index contributed by atoms with van der Waals surface area (Å²) in [5, 5.41) is 0. The maximum Gasteiger partial charge on any atom is 0.331 e. The molecule has 5 nitrogen and oxygen atoms in total. The summed E-state index contributed by atoms with van der Waals surface area (Å²) in [7, 11) is 0. The number of morpholine rings is 1. The molecule has 5 heteroatoms. The van der Waals surface area contributed by atoms with Gasteiger partial charge in [0.25, 0.3) is 0 Å². The first kappa shape index (κ1) is 12.2. The first-order chi connectivity index (χ1) is 9.16. The molecular formula is C14H16N2O3. The summed E-state index contributed by atoms with van der Waals surface area (Å²) in [6, 6.07) is 7.13. The number of amides is 3. The second kappa shape index (κ2) is 4.66. The van der Waals surface area contributed by atoms with E-state index < -0.39 is 0 Å². The number of ether oxygens (including phenoxy) is 1. The zero-order chi connectivity index (χ0) is 13.4. The summed E-state index contributed by atoms with van der Waals surface area (Å²) >= 11 is 0. The molecule has 1 atom stereocenters. The fourth-order valence-electron chi connectivity index (χ4n) is 2.63. The van der Waals surface area contributed by atoms with E-state index in [2.05, 4.69) is 0 Å². The molecule has 3 rings (SSSR count). The molecule has 0 aliphatic carbocycles. The van der Waals surface area contributed by atoms with Crippen LogP contribution in [0.15, 0.2) is 24.3 Å². The van der Waals surface area contributed by atoms with Crippen LogP contribution in [0.2, 0.25) is 0 Å². The van der Waals surface area contributed by atoms with Gasteiger partial charge in [0.05, 0.1) is 31.4 Å². The Kier molecular flexibility index (Phi) is 2.98. The maximum atomic E-state index is 12.5. The van der Waals surface area contributed by atoms with Crippen LogP contribution in [0.1, 0.15) is 12.0 Å². The van der Waals surface area contributed by atoms with Crippen LogP contribution in [-0.2, 0) is 9.53 Å². The van der Waals surface area contributed by atoms with Crippen molar-refractivity contribution in [1.29, 1.82) is 0 Å². The highest BCUT2D eigenvalue weighted by molar-refractivity contribution is 6.16. The molecular weight excluding hydrogens is 244 g/mol. The van der Waals surface area contributed by atoms with Crippen LogP contribution in [0.5, 0.6) is 0 Å². The molecule has 2 aliphatic rings. The maximum absolute atomic E-state index is 12.5. The van der Waals surface area contributed by atoms with Crippen LogP contribution >= 0.6 is 0 Å². The van der Waals surface area contributed by atoms with Gasteiger partial charge < -0.3 is 9.64 Å². The average molecular weight is 260 g/mol. The van der Waals surface area contributed by atoms with E-state index in [0.717, 1.165) is 5.56 Å². The molecule has 0 radical (unpaired) electrons. The molecule has 2 aliphatic heterocycles. The predicted octanol–water partition coefficient (Wildman–Crippen LogP) is 1.55.